The van der Waals surface area contributed by atoms with Gasteiger partial charge in [-0.05, 0) is 31.6 Å². The fraction of sp³-hybridized carbons (Fsp3) is 0.929. The number of piperidine rings is 1. The number of rotatable bonds is 4. The summed E-state index contributed by atoms with van der Waals surface area (Å²) in [7, 11) is 0. The molecule has 0 bridgehead atoms. The van der Waals surface area contributed by atoms with Crippen LogP contribution in [-0.4, -0.2) is 43.2 Å². The van der Waals surface area contributed by atoms with Crippen LogP contribution in [-0.2, 0) is 9.53 Å². The average Bonchev–Trinajstić information content (AvgIpc) is 2.82. The highest BCUT2D eigenvalue weighted by molar-refractivity contribution is 5.79. The molecule has 0 aromatic carbocycles. The van der Waals surface area contributed by atoms with Gasteiger partial charge in [0.05, 0.1) is 12.7 Å². The van der Waals surface area contributed by atoms with Crippen molar-refractivity contribution in [3.8, 4) is 0 Å². The lowest BCUT2D eigenvalue weighted by Gasteiger charge is -2.34. The minimum absolute atomic E-state index is 0.284. The van der Waals surface area contributed by atoms with Crippen molar-refractivity contribution in [3.05, 3.63) is 0 Å². The zero-order valence-electron chi connectivity index (χ0n) is 11.4. The summed E-state index contributed by atoms with van der Waals surface area (Å²) < 4.78 is 5.64. The van der Waals surface area contributed by atoms with Crippen molar-refractivity contribution >= 4 is 5.91 Å². The molecule has 0 radical (unpaired) electrons. The second kappa shape index (κ2) is 6.53. The first-order valence-corrected chi connectivity index (χ1v) is 7.33. The lowest BCUT2D eigenvalue weighted by Crippen LogP contribution is -2.44. The van der Waals surface area contributed by atoms with Crippen molar-refractivity contribution in [1.82, 2.24) is 4.90 Å². The quantitative estimate of drug-likeness (QED) is 0.825. The van der Waals surface area contributed by atoms with Gasteiger partial charge in [-0.15, -0.1) is 0 Å². The third-order valence-corrected chi connectivity index (χ3v) is 4.40. The van der Waals surface area contributed by atoms with Crippen molar-refractivity contribution in [2.45, 2.75) is 45.1 Å². The zero-order valence-corrected chi connectivity index (χ0v) is 11.4. The number of ether oxygens (including phenoxy) is 1. The van der Waals surface area contributed by atoms with E-state index >= 15 is 0 Å². The molecule has 1 aliphatic carbocycles. The third-order valence-electron chi connectivity index (χ3n) is 4.40. The van der Waals surface area contributed by atoms with Crippen molar-refractivity contribution in [3.63, 3.8) is 0 Å². The molecule has 104 valence electrons. The van der Waals surface area contributed by atoms with E-state index < -0.39 is 0 Å². The number of carbonyl (C=O) groups excluding carboxylic acids is 1. The van der Waals surface area contributed by atoms with Crippen molar-refractivity contribution in [2.75, 3.05) is 26.2 Å². The molecule has 1 saturated carbocycles. The van der Waals surface area contributed by atoms with E-state index in [4.69, 9.17) is 10.5 Å². The van der Waals surface area contributed by atoms with Gasteiger partial charge in [-0.1, -0.05) is 13.3 Å². The highest BCUT2D eigenvalue weighted by Gasteiger charge is 2.34. The predicted molar refractivity (Wildman–Crippen MR) is 71.1 cm³/mol. The molecule has 2 N–H and O–H groups in total. The lowest BCUT2D eigenvalue weighted by atomic mass is 9.95. The molecule has 1 saturated heterocycles. The van der Waals surface area contributed by atoms with Gasteiger partial charge < -0.3 is 15.4 Å². The summed E-state index contributed by atoms with van der Waals surface area (Å²) in [6.07, 6.45) is 5.75. The molecule has 0 aromatic rings. The molecule has 2 aliphatic rings. The van der Waals surface area contributed by atoms with E-state index in [1.54, 1.807) is 0 Å². The summed E-state index contributed by atoms with van der Waals surface area (Å²) in [4.78, 5) is 14.4. The summed E-state index contributed by atoms with van der Waals surface area (Å²) in [6.45, 7) is 5.15. The van der Waals surface area contributed by atoms with Crippen LogP contribution in [0.25, 0.3) is 0 Å². The summed E-state index contributed by atoms with van der Waals surface area (Å²) >= 11 is 0. The first-order chi connectivity index (χ1) is 8.72. The Labute approximate surface area is 110 Å². The number of amides is 1. The van der Waals surface area contributed by atoms with Crippen LogP contribution in [0.4, 0.5) is 0 Å². The minimum Gasteiger partial charge on any atom is -0.377 e. The van der Waals surface area contributed by atoms with E-state index in [1.165, 1.54) is 12.8 Å². The first-order valence-electron chi connectivity index (χ1n) is 7.33. The van der Waals surface area contributed by atoms with E-state index in [2.05, 4.69) is 11.8 Å². The van der Waals surface area contributed by atoms with Crippen LogP contribution in [0.5, 0.6) is 0 Å². The van der Waals surface area contributed by atoms with Gasteiger partial charge in [0.15, 0.2) is 0 Å². The Morgan fingerprint density at radius 3 is 2.56 bits per heavy atom. The smallest absolute Gasteiger partial charge is 0.225 e. The molecular weight excluding hydrogens is 228 g/mol. The van der Waals surface area contributed by atoms with Crippen LogP contribution >= 0.6 is 0 Å². The van der Waals surface area contributed by atoms with Gasteiger partial charge in [0, 0.05) is 25.6 Å². The van der Waals surface area contributed by atoms with Crippen LogP contribution in [0.3, 0.4) is 0 Å². The van der Waals surface area contributed by atoms with Gasteiger partial charge >= 0.3 is 0 Å². The van der Waals surface area contributed by atoms with E-state index in [9.17, 15) is 4.79 Å². The van der Waals surface area contributed by atoms with Gasteiger partial charge in [0.25, 0.3) is 0 Å². The monoisotopic (exact) mass is 254 g/mol. The number of likely N-dealkylation sites (tertiary alicyclic amines) is 1. The molecule has 2 fully saturated rings. The lowest BCUT2D eigenvalue weighted by molar-refractivity contribution is -0.139. The van der Waals surface area contributed by atoms with Crippen LogP contribution in [0.1, 0.15) is 39.0 Å². The Bertz CT molecular complexity index is 275. The molecule has 1 aliphatic heterocycles. The fourth-order valence-electron chi connectivity index (χ4n) is 3.22. The molecule has 0 spiro atoms. The maximum absolute atomic E-state index is 12.4. The zero-order chi connectivity index (χ0) is 13.0. The number of hydrogen-bond donors (Lipinski definition) is 1. The number of nitrogens with zero attached hydrogens (tertiary/aromatic N) is 1. The van der Waals surface area contributed by atoms with E-state index in [0.29, 0.717) is 31.1 Å². The highest BCUT2D eigenvalue weighted by atomic mass is 16.5. The average molecular weight is 254 g/mol. The summed E-state index contributed by atoms with van der Waals surface area (Å²) in [5, 5.41) is 0. The van der Waals surface area contributed by atoms with Crippen molar-refractivity contribution in [1.29, 1.82) is 0 Å². The van der Waals surface area contributed by atoms with Gasteiger partial charge in [0.2, 0.25) is 5.91 Å². The normalized spacial score (nSPS) is 29.8. The van der Waals surface area contributed by atoms with Crippen LogP contribution in [0.2, 0.25) is 0 Å². The van der Waals surface area contributed by atoms with Gasteiger partial charge in [0.1, 0.15) is 0 Å². The Kier molecular flexibility index (Phi) is 5.01. The Hall–Kier alpha value is -0.610. The number of hydrogen-bond acceptors (Lipinski definition) is 3. The summed E-state index contributed by atoms with van der Waals surface area (Å²) in [5.41, 5.74) is 5.43. The van der Waals surface area contributed by atoms with Crippen LogP contribution in [0, 0.1) is 11.8 Å². The van der Waals surface area contributed by atoms with Gasteiger partial charge in [-0.25, -0.2) is 0 Å². The maximum atomic E-state index is 12.4. The minimum atomic E-state index is 0.284. The van der Waals surface area contributed by atoms with Gasteiger partial charge in [-0.2, -0.15) is 0 Å². The first kappa shape index (κ1) is 13.8. The fourth-order valence-corrected chi connectivity index (χ4v) is 3.22. The number of nitrogens with two attached hydrogens (primary N) is 1. The number of carbonyl (C=O) groups is 1. The maximum Gasteiger partial charge on any atom is 0.225 e. The second-order valence-corrected chi connectivity index (χ2v) is 5.70. The van der Waals surface area contributed by atoms with Crippen molar-refractivity contribution in [2.24, 2.45) is 17.6 Å². The molecule has 0 aromatic heterocycles. The van der Waals surface area contributed by atoms with Crippen LogP contribution < -0.4 is 5.73 Å². The molecule has 18 heavy (non-hydrogen) atoms. The second-order valence-electron chi connectivity index (χ2n) is 5.70. The topological polar surface area (TPSA) is 55.6 Å². The Balaban J connectivity index is 1.77. The summed E-state index contributed by atoms with van der Waals surface area (Å²) in [5.74, 6) is 1.24. The largest absolute Gasteiger partial charge is 0.377 e. The predicted octanol–water partition coefficient (Wildman–Crippen LogP) is 1.39. The highest BCUT2D eigenvalue weighted by Crippen LogP contribution is 2.33. The molecule has 4 nitrogen and oxygen atoms in total. The molecular formula is C14H26N2O2. The molecule has 2 rings (SSSR count). The molecule has 1 amide bonds. The molecule has 1 heterocycles. The van der Waals surface area contributed by atoms with E-state index in [-0.39, 0.29) is 5.92 Å². The van der Waals surface area contributed by atoms with E-state index in [0.717, 1.165) is 32.4 Å². The Morgan fingerprint density at radius 2 is 2.00 bits per heavy atom. The molecule has 2 atom stereocenters. The van der Waals surface area contributed by atoms with Crippen LogP contribution in [0.15, 0.2) is 0 Å². The SMILES string of the molecule is CC1CCCC1C(=O)N1CCC(OCCN)CC1. The van der Waals surface area contributed by atoms with E-state index in [1.807, 2.05) is 0 Å². The molecule has 2 unspecified atom stereocenters. The standard InChI is InChI=1S/C14H26N2O2/c1-11-3-2-4-13(11)14(17)16-8-5-12(6-9-16)18-10-7-15/h11-13H,2-10,15H2,1H3. The Morgan fingerprint density at radius 1 is 1.28 bits per heavy atom. The third kappa shape index (κ3) is 3.23. The van der Waals surface area contributed by atoms with Crippen molar-refractivity contribution < 1.29 is 9.53 Å². The summed E-state index contributed by atoms with van der Waals surface area (Å²) in [6, 6.07) is 0. The van der Waals surface area contributed by atoms with Gasteiger partial charge in [-0.3, -0.25) is 4.79 Å². The molecule has 4 heteroatoms.